The van der Waals surface area contributed by atoms with Crippen molar-refractivity contribution in [2.75, 3.05) is 14.7 Å². The SMILES string of the molecule is c1ccc(-c2cc(-c3ccccc3)cc(N3c4cc5c(cc4B4c6ccccc6N(c6ccccc6)c6c4c3cc3oc4ccccc4c63)B3c4ccccc4Oc4c3c(cc3oc6ccccc6c43)N5c3ccccc3-c3ccccc3)c2)cc1. The van der Waals surface area contributed by atoms with Gasteiger partial charge in [0.2, 0.25) is 0 Å². The molecule has 2 aromatic heterocycles. The van der Waals surface area contributed by atoms with E-state index in [4.69, 9.17) is 13.6 Å². The first-order chi connectivity index (χ1) is 42.7. The predicted molar refractivity (Wildman–Crippen MR) is 357 cm³/mol. The van der Waals surface area contributed by atoms with Crippen LogP contribution in [0.2, 0.25) is 0 Å². The summed E-state index contributed by atoms with van der Waals surface area (Å²) >= 11 is 0. The van der Waals surface area contributed by atoms with Crippen molar-refractivity contribution in [3.8, 4) is 44.9 Å². The first-order valence-electron chi connectivity index (χ1n) is 29.5. The molecule has 0 bridgehead atoms. The molecule has 0 amide bonds. The monoisotopic (exact) mass is 1100 g/mol. The highest BCUT2D eigenvalue weighted by Crippen LogP contribution is 2.54. The Labute approximate surface area is 496 Å². The number of fused-ring (bicyclic) bond motifs is 16. The van der Waals surface area contributed by atoms with Gasteiger partial charge in [0.05, 0.1) is 22.1 Å². The normalized spacial score (nSPS) is 13.3. The van der Waals surface area contributed by atoms with E-state index in [1.54, 1.807) is 0 Å². The summed E-state index contributed by atoms with van der Waals surface area (Å²) in [6, 6.07) is 104. The summed E-state index contributed by atoms with van der Waals surface area (Å²) in [6.45, 7) is -0.457. The fourth-order valence-corrected chi connectivity index (χ4v) is 14.9. The standard InChI is InChI=1S/C78H47B2N3O3/c1-5-23-48(24-6-1)51-41-52(49-25-7-2-8-26-49)43-54(42-51)81-64-45-65-61(44-60(64)79-58-34-16-19-37-63(58)82(53-29-11-4-12-30-53)77-73-56-32-14-20-38-68(56)84-71(73)46-66(81)75(77)79)80-59-35-17-22-40-70(59)86-78-74-57-33-15-21-39-69(57)85-72(74)47-67(76(78)80)83(65)62-36-18-13-31-55(62)50-27-9-3-10-28-50/h1-47H. The largest absolute Gasteiger partial charge is 0.458 e. The number of para-hydroxylation sites is 6. The zero-order valence-corrected chi connectivity index (χ0v) is 46.4. The lowest BCUT2D eigenvalue weighted by molar-refractivity contribution is 0.493. The van der Waals surface area contributed by atoms with E-state index in [9.17, 15) is 0 Å². The molecular weight excluding hydrogens is 1050 g/mol. The molecule has 4 aliphatic heterocycles. The average molecular weight is 1100 g/mol. The van der Waals surface area contributed by atoms with Crippen molar-refractivity contribution >= 4 is 141 Å². The quantitative estimate of drug-likeness (QED) is 0.155. The predicted octanol–water partition coefficient (Wildman–Crippen LogP) is 17.0. The summed E-state index contributed by atoms with van der Waals surface area (Å²) in [6.07, 6.45) is 0. The van der Waals surface area contributed by atoms with Crippen LogP contribution in [0, 0.1) is 0 Å². The van der Waals surface area contributed by atoms with Crippen molar-refractivity contribution in [2.24, 2.45) is 0 Å². The van der Waals surface area contributed by atoms with Crippen molar-refractivity contribution in [2.45, 2.75) is 0 Å². The molecule has 0 atom stereocenters. The maximum atomic E-state index is 7.37. The number of ether oxygens (including phenoxy) is 1. The molecule has 8 heteroatoms. The molecule has 6 nitrogen and oxygen atoms in total. The Kier molecular flexibility index (Phi) is 9.98. The van der Waals surface area contributed by atoms with Gasteiger partial charge >= 0.3 is 0 Å². The molecule has 13 aromatic carbocycles. The number of furan rings is 2. The molecule has 398 valence electrons. The molecule has 6 heterocycles. The van der Waals surface area contributed by atoms with Crippen LogP contribution in [0.15, 0.2) is 294 Å². The Morgan fingerprint density at radius 2 is 0.791 bits per heavy atom. The molecule has 0 fully saturated rings. The van der Waals surface area contributed by atoms with Gasteiger partial charge in [-0.05, 0) is 127 Å². The third kappa shape index (κ3) is 6.75. The van der Waals surface area contributed by atoms with Gasteiger partial charge in [0.25, 0.3) is 13.4 Å². The molecule has 0 N–H and O–H groups in total. The second kappa shape index (κ2) is 18.1. The number of rotatable bonds is 6. The number of benzene rings is 13. The molecule has 0 aliphatic carbocycles. The number of nitrogens with zero attached hydrogens (tertiary/aromatic N) is 3. The zero-order chi connectivity index (χ0) is 56.1. The van der Waals surface area contributed by atoms with Crippen molar-refractivity contribution in [1.82, 2.24) is 0 Å². The highest BCUT2D eigenvalue weighted by atomic mass is 16.5. The second-order valence-electron chi connectivity index (χ2n) is 23.0. The molecular formula is C78H47B2N3O3. The minimum absolute atomic E-state index is 0.224. The Morgan fingerprint density at radius 3 is 1.48 bits per heavy atom. The molecule has 86 heavy (non-hydrogen) atoms. The Hall–Kier alpha value is -11.2. The van der Waals surface area contributed by atoms with Crippen LogP contribution in [-0.2, 0) is 0 Å². The van der Waals surface area contributed by atoms with Gasteiger partial charge in [0.1, 0.15) is 33.8 Å². The van der Waals surface area contributed by atoms with E-state index in [-0.39, 0.29) is 13.4 Å². The topological polar surface area (TPSA) is 45.2 Å². The van der Waals surface area contributed by atoms with E-state index in [0.717, 1.165) is 151 Å². The molecule has 19 rings (SSSR count). The van der Waals surface area contributed by atoms with Gasteiger partial charge in [-0.25, -0.2) is 0 Å². The van der Waals surface area contributed by atoms with Crippen LogP contribution in [0.25, 0.3) is 77.3 Å². The molecule has 0 saturated heterocycles. The van der Waals surface area contributed by atoms with E-state index in [0.29, 0.717) is 0 Å². The maximum Gasteiger partial charge on any atom is 0.256 e. The van der Waals surface area contributed by atoms with Crippen LogP contribution < -0.4 is 52.2 Å². The molecule has 15 aromatic rings. The third-order valence-corrected chi connectivity index (χ3v) is 18.4. The summed E-state index contributed by atoms with van der Waals surface area (Å²) in [5.41, 5.74) is 26.7. The van der Waals surface area contributed by atoms with Crippen LogP contribution in [0.3, 0.4) is 0 Å². The Balaban J connectivity index is 0.993. The summed E-state index contributed by atoms with van der Waals surface area (Å²) in [4.78, 5) is 7.59. The van der Waals surface area contributed by atoms with Gasteiger partial charge in [-0.3, -0.25) is 0 Å². The Morgan fingerprint density at radius 1 is 0.279 bits per heavy atom. The number of hydrogen-bond acceptors (Lipinski definition) is 6. The van der Waals surface area contributed by atoms with Crippen LogP contribution in [0.4, 0.5) is 51.2 Å². The van der Waals surface area contributed by atoms with Crippen LogP contribution in [0.5, 0.6) is 11.5 Å². The van der Waals surface area contributed by atoms with Gasteiger partial charge in [0, 0.05) is 68.3 Å². The van der Waals surface area contributed by atoms with Gasteiger partial charge in [-0.15, -0.1) is 0 Å². The zero-order valence-electron chi connectivity index (χ0n) is 46.4. The van der Waals surface area contributed by atoms with E-state index < -0.39 is 0 Å². The average Bonchev–Trinajstić information content (AvgIpc) is 1.17. The molecule has 0 unspecified atom stereocenters. The minimum atomic E-state index is -0.233. The van der Waals surface area contributed by atoms with Gasteiger partial charge in [-0.1, -0.05) is 206 Å². The summed E-state index contributed by atoms with van der Waals surface area (Å²) in [5, 5.41) is 4.17. The third-order valence-electron chi connectivity index (χ3n) is 18.4. The van der Waals surface area contributed by atoms with Crippen LogP contribution in [0.1, 0.15) is 0 Å². The van der Waals surface area contributed by atoms with E-state index in [1.807, 2.05) is 6.07 Å². The van der Waals surface area contributed by atoms with Crippen LogP contribution in [-0.4, -0.2) is 13.4 Å². The van der Waals surface area contributed by atoms with Crippen molar-refractivity contribution in [3.05, 3.63) is 285 Å². The number of hydrogen-bond donors (Lipinski definition) is 0. The fraction of sp³-hybridized carbons (Fsp3) is 0. The van der Waals surface area contributed by atoms with Gasteiger partial charge in [-0.2, -0.15) is 0 Å². The molecule has 0 spiro atoms. The van der Waals surface area contributed by atoms with E-state index in [1.165, 1.54) is 21.9 Å². The molecule has 0 radical (unpaired) electrons. The summed E-state index contributed by atoms with van der Waals surface area (Å²) in [5.74, 6) is 1.67. The lowest BCUT2D eigenvalue weighted by Gasteiger charge is -2.46. The summed E-state index contributed by atoms with van der Waals surface area (Å²) in [7, 11) is 0. The van der Waals surface area contributed by atoms with E-state index in [2.05, 4.69) is 294 Å². The first kappa shape index (κ1) is 47.3. The second-order valence-corrected chi connectivity index (χ2v) is 23.0. The van der Waals surface area contributed by atoms with E-state index >= 15 is 0 Å². The van der Waals surface area contributed by atoms with Crippen molar-refractivity contribution in [1.29, 1.82) is 0 Å². The fourth-order valence-electron chi connectivity index (χ4n) is 14.9. The van der Waals surface area contributed by atoms with Gasteiger partial charge < -0.3 is 28.3 Å². The first-order valence-corrected chi connectivity index (χ1v) is 29.5. The highest BCUT2D eigenvalue weighted by molar-refractivity contribution is 7.03. The van der Waals surface area contributed by atoms with Crippen molar-refractivity contribution < 1.29 is 13.6 Å². The lowest BCUT2D eigenvalue weighted by Crippen LogP contribution is -2.64. The minimum Gasteiger partial charge on any atom is -0.458 e. The molecule has 0 saturated carbocycles. The Bertz CT molecular complexity index is 5260. The van der Waals surface area contributed by atoms with Gasteiger partial charge in [0.15, 0.2) is 0 Å². The highest BCUT2D eigenvalue weighted by Gasteiger charge is 2.49. The smallest absolute Gasteiger partial charge is 0.256 e. The molecule has 4 aliphatic rings. The maximum absolute atomic E-state index is 7.37. The lowest BCUT2D eigenvalue weighted by atomic mass is 9.30. The number of anilines is 9. The van der Waals surface area contributed by atoms with Crippen molar-refractivity contribution in [3.63, 3.8) is 0 Å². The van der Waals surface area contributed by atoms with Crippen LogP contribution >= 0.6 is 0 Å². The summed E-state index contributed by atoms with van der Waals surface area (Å²) < 4.78 is 21.5.